The van der Waals surface area contributed by atoms with E-state index in [4.69, 9.17) is 11.6 Å². The van der Waals surface area contributed by atoms with Gasteiger partial charge in [0.15, 0.2) is 0 Å². The van der Waals surface area contributed by atoms with Gasteiger partial charge < -0.3 is 4.90 Å². The third kappa shape index (κ3) is 3.08. The van der Waals surface area contributed by atoms with Gasteiger partial charge in [-0.1, -0.05) is 36.9 Å². The Morgan fingerprint density at radius 3 is 2.26 bits per heavy atom. The smallest absolute Gasteiger partial charge is 0.0642 e. The van der Waals surface area contributed by atoms with Gasteiger partial charge in [-0.2, -0.15) is 0 Å². The van der Waals surface area contributed by atoms with Crippen molar-refractivity contribution >= 4 is 17.3 Å². The Hall–Kier alpha value is -0.690. The number of halogens is 1. The normalized spacial score (nSPS) is 21.6. The van der Waals surface area contributed by atoms with Crippen LogP contribution in [0.2, 0.25) is 5.02 Å². The lowest BCUT2D eigenvalue weighted by molar-refractivity contribution is 0.443. The van der Waals surface area contributed by atoms with E-state index in [1.165, 1.54) is 75.7 Å². The van der Waals surface area contributed by atoms with Crippen LogP contribution in [0.25, 0.3) is 0 Å². The highest BCUT2D eigenvalue weighted by atomic mass is 35.5. The first-order valence-corrected chi connectivity index (χ1v) is 8.27. The standard InChI is InChI=1S/C17H24ClN/c18-16-13-15(14-7-3-1-4-8-14)9-10-17(16)19-11-5-2-6-12-19/h9-10,13-14H,1-8,11-12H2. The van der Waals surface area contributed by atoms with Crippen LogP contribution in [0.15, 0.2) is 18.2 Å². The van der Waals surface area contributed by atoms with Crippen molar-refractivity contribution in [2.24, 2.45) is 0 Å². The summed E-state index contributed by atoms with van der Waals surface area (Å²) in [5.74, 6) is 0.752. The molecule has 3 rings (SSSR count). The maximum absolute atomic E-state index is 6.54. The first-order valence-electron chi connectivity index (χ1n) is 7.89. The molecule has 0 N–H and O–H groups in total. The Kier molecular flexibility index (Phi) is 4.32. The maximum atomic E-state index is 6.54. The summed E-state index contributed by atoms with van der Waals surface area (Å²) in [6, 6.07) is 6.82. The van der Waals surface area contributed by atoms with E-state index in [1.807, 2.05) is 0 Å². The summed E-state index contributed by atoms with van der Waals surface area (Å²) in [4.78, 5) is 2.45. The second-order valence-corrected chi connectivity index (χ2v) is 6.50. The molecular formula is C17H24ClN. The molecule has 1 heterocycles. The zero-order valence-electron chi connectivity index (χ0n) is 11.7. The van der Waals surface area contributed by atoms with Gasteiger partial charge in [0, 0.05) is 13.1 Å². The van der Waals surface area contributed by atoms with Crippen molar-refractivity contribution in [2.75, 3.05) is 18.0 Å². The average Bonchev–Trinajstić information content (AvgIpc) is 2.49. The van der Waals surface area contributed by atoms with Gasteiger partial charge in [-0.05, 0) is 55.7 Å². The molecule has 1 aliphatic carbocycles. The van der Waals surface area contributed by atoms with Crippen LogP contribution in [0.5, 0.6) is 0 Å². The molecule has 1 saturated carbocycles. The molecule has 0 bridgehead atoms. The summed E-state index contributed by atoms with van der Waals surface area (Å²) in [6.45, 7) is 2.34. The predicted octanol–water partition coefficient (Wildman–Crippen LogP) is 5.38. The van der Waals surface area contributed by atoms with Gasteiger partial charge in [-0.15, -0.1) is 0 Å². The predicted molar refractivity (Wildman–Crippen MR) is 83.3 cm³/mol. The van der Waals surface area contributed by atoms with E-state index in [2.05, 4.69) is 23.1 Å². The number of benzene rings is 1. The van der Waals surface area contributed by atoms with Crippen molar-refractivity contribution in [1.29, 1.82) is 0 Å². The fraction of sp³-hybridized carbons (Fsp3) is 0.647. The van der Waals surface area contributed by atoms with E-state index < -0.39 is 0 Å². The quantitative estimate of drug-likeness (QED) is 0.702. The van der Waals surface area contributed by atoms with Gasteiger partial charge in [0.25, 0.3) is 0 Å². The minimum Gasteiger partial charge on any atom is -0.370 e. The number of hydrogen-bond donors (Lipinski definition) is 0. The van der Waals surface area contributed by atoms with Crippen LogP contribution in [0.3, 0.4) is 0 Å². The van der Waals surface area contributed by atoms with E-state index in [0.717, 1.165) is 10.9 Å². The number of hydrogen-bond acceptors (Lipinski definition) is 1. The highest BCUT2D eigenvalue weighted by molar-refractivity contribution is 6.33. The molecule has 0 amide bonds. The number of piperidine rings is 1. The van der Waals surface area contributed by atoms with Crippen molar-refractivity contribution in [2.45, 2.75) is 57.3 Å². The zero-order valence-corrected chi connectivity index (χ0v) is 12.5. The largest absolute Gasteiger partial charge is 0.370 e. The van der Waals surface area contributed by atoms with E-state index in [0.29, 0.717) is 0 Å². The first-order chi connectivity index (χ1) is 9.34. The molecule has 19 heavy (non-hydrogen) atoms. The summed E-state index contributed by atoms with van der Waals surface area (Å²) < 4.78 is 0. The molecule has 104 valence electrons. The fourth-order valence-corrected chi connectivity index (χ4v) is 3.91. The second kappa shape index (κ2) is 6.17. The Labute approximate surface area is 121 Å². The third-order valence-electron chi connectivity index (χ3n) is 4.75. The summed E-state index contributed by atoms with van der Waals surface area (Å²) >= 11 is 6.54. The molecule has 1 aromatic rings. The van der Waals surface area contributed by atoms with E-state index in [9.17, 15) is 0 Å². The SMILES string of the molecule is Clc1cc(C2CCCCC2)ccc1N1CCCCC1. The van der Waals surface area contributed by atoms with Gasteiger partial charge >= 0.3 is 0 Å². The van der Waals surface area contributed by atoms with Crippen LogP contribution in [-0.4, -0.2) is 13.1 Å². The molecule has 0 radical (unpaired) electrons. The Balaban J connectivity index is 1.76. The molecule has 1 saturated heterocycles. The van der Waals surface area contributed by atoms with E-state index in [-0.39, 0.29) is 0 Å². The van der Waals surface area contributed by atoms with E-state index in [1.54, 1.807) is 0 Å². The number of rotatable bonds is 2. The van der Waals surface area contributed by atoms with Crippen molar-refractivity contribution in [3.63, 3.8) is 0 Å². The molecule has 2 aliphatic rings. The third-order valence-corrected chi connectivity index (χ3v) is 5.05. The van der Waals surface area contributed by atoms with Crippen LogP contribution in [0.1, 0.15) is 62.8 Å². The van der Waals surface area contributed by atoms with Crippen LogP contribution >= 0.6 is 11.6 Å². The molecule has 0 unspecified atom stereocenters. The van der Waals surface area contributed by atoms with Gasteiger partial charge in [0.1, 0.15) is 0 Å². The Bertz CT molecular complexity index is 417. The maximum Gasteiger partial charge on any atom is 0.0642 e. The van der Waals surface area contributed by atoms with Crippen LogP contribution < -0.4 is 4.90 Å². The van der Waals surface area contributed by atoms with Gasteiger partial charge in [0.2, 0.25) is 0 Å². The van der Waals surface area contributed by atoms with Crippen molar-refractivity contribution in [1.82, 2.24) is 0 Å². The van der Waals surface area contributed by atoms with Gasteiger partial charge in [-0.3, -0.25) is 0 Å². The lowest BCUT2D eigenvalue weighted by Gasteiger charge is -2.30. The van der Waals surface area contributed by atoms with E-state index >= 15 is 0 Å². The average molecular weight is 278 g/mol. The minimum absolute atomic E-state index is 0.752. The van der Waals surface area contributed by atoms with Crippen LogP contribution in [0, 0.1) is 0 Å². The molecule has 0 spiro atoms. The molecule has 1 nitrogen and oxygen atoms in total. The molecule has 2 fully saturated rings. The van der Waals surface area contributed by atoms with Crippen LogP contribution in [0.4, 0.5) is 5.69 Å². The van der Waals surface area contributed by atoms with Gasteiger partial charge in [-0.25, -0.2) is 0 Å². The molecule has 2 heteroatoms. The minimum atomic E-state index is 0.752. The number of anilines is 1. The lowest BCUT2D eigenvalue weighted by atomic mass is 9.84. The first kappa shape index (κ1) is 13.3. The molecule has 0 atom stereocenters. The summed E-state index contributed by atoms with van der Waals surface area (Å²) in [5.41, 5.74) is 2.71. The molecular weight excluding hydrogens is 254 g/mol. The Morgan fingerprint density at radius 1 is 0.895 bits per heavy atom. The highest BCUT2D eigenvalue weighted by Gasteiger charge is 2.18. The lowest BCUT2D eigenvalue weighted by Crippen LogP contribution is -2.29. The molecule has 1 aliphatic heterocycles. The topological polar surface area (TPSA) is 3.24 Å². The summed E-state index contributed by atoms with van der Waals surface area (Å²) in [6.07, 6.45) is 10.9. The highest BCUT2D eigenvalue weighted by Crippen LogP contribution is 2.36. The van der Waals surface area contributed by atoms with Crippen molar-refractivity contribution in [3.05, 3.63) is 28.8 Å². The zero-order chi connectivity index (χ0) is 13.1. The monoisotopic (exact) mass is 277 g/mol. The fourth-order valence-electron chi connectivity index (χ4n) is 3.60. The Morgan fingerprint density at radius 2 is 1.58 bits per heavy atom. The second-order valence-electron chi connectivity index (χ2n) is 6.09. The number of nitrogens with zero attached hydrogens (tertiary/aromatic N) is 1. The molecule has 1 aromatic carbocycles. The van der Waals surface area contributed by atoms with Crippen LogP contribution in [-0.2, 0) is 0 Å². The molecule has 0 aromatic heterocycles. The van der Waals surface area contributed by atoms with Crippen molar-refractivity contribution < 1.29 is 0 Å². The summed E-state index contributed by atoms with van der Waals surface area (Å²) in [7, 11) is 0. The summed E-state index contributed by atoms with van der Waals surface area (Å²) in [5, 5.41) is 0.963. The van der Waals surface area contributed by atoms with Gasteiger partial charge in [0.05, 0.1) is 10.7 Å². The van der Waals surface area contributed by atoms with Crippen molar-refractivity contribution in [3.8, 4) is 0 Å².